The van der Waals surface area contributed by atoms with Gasteiger partial charge in [-0.15, -0.1) is 0 Å². The largest absolute Gasteiger partial charge is 0.497 e. The van der Waals surface area contributed by atoms with Crippen molar-refractivity contribution in [3.8, 4) is 5.75 Å². The molecule has 4 nitrogen and oxygen atoms in total. The highest BCUT2D eigenvalue weighted by Crippen LogP contribution is 2.36. The maximum atomic E-state index is 12.4. The molecule has 0 saturated heterocycles. The van der Waals surface area contributed by atoms with E-state index in [2.05, 4.69) is 4.74 Å². The van der Waals surface area contributed by atoms with Gasteiger partial charge in [-0.2, -0.15) is 26.3 Å². The van der Waals surface area contributed by atoms with Gasteiger partial charge in [0.25, 0.3) is 6.10 Å². The molecule has 1 aromatic carbocycles. The zero-order chi connectivity index (χ0) is 17.4. The summed E-state index contributed by atoms with van der Waals surface area (Å²) in [7, 11) is 1.38. The van der Waals surface area contributed by atoms with Gasteiger partial charge in [0.15, 0.2) is 0 Å². The lowest BCUT2D eigenvalue weighted by atomic mass is 10.2. The van der Waals surface area contributed by atoms with Gasteiger partial charge in [0.2, 0.25) is 0 Å². The fraction of sp³-hybridized carbons (Fsp3) is 0.308. The molecule has 0 saturated carbocycles. The zero-order valence-electron chi connectivity index (χ0n) is 11.4. The second kappa shape index (κ2) is 5.67. The number of benzene rings is 1. The van der Waals surface area contributed by atoms with Crippen LogP contribution >= 0.6 is 0 Å². The molecular weight excluding hydrogens is 332 g/mol. The summed E-state index contributed by atoms with van der Waals surface area (Å²) < 4.78 is 83.3. The monoisotopic (exact) mass is 341 g/mol. The summed E-state index contributed by atoms with van der Waals surface area (Å²) in [4.78, 5) is 11.6. The van der Waals surface area contributed by atoms with Crippen LogP contribution in [0.15, 0.2) is 30.6 Å². The van der Waals surface area contributed by atoms with Crippen molar-refractivity contribution in [3.63, 3.8) is 0 Å². The van der Waals surface area contributed by atoms with E-state index in [1.54, 1.807) is 0 Å². The Morgan fingerprint density at radius 3 is 2.13 bits per heavy atom. The van der Waals surface area contributed by atoms with E-state index >= 15 is 0 Å². The number of hydrogen-bond donors (Lipinski definition) is 0. The van der Waals surface area contributed by atoms with Crippen LogP contribution in [-0.2, 0) is 4.74 Å². The maximum absolute atomic E-state index is 12.4. The Kier molecular flexibility index (Phi) is 4.18. The predicted molar refractivity (Wildman–Crippen MR) is 66.3 cm³/mol. The molecule has 0 amide bonds. The molecule has 2 rings (SSSR count). The van der Waals surface area contributed by atoms with E-state index in [9.17, 15) is 31.1 Å². The van der Waals surface area contributed by atoms with Crippen molar-refractivity contribution in [1.29, 1.82) is 0 Å². The first-order valence-corrected chi connectivity index (χ1v) is 6.02. The number of nitrogens with zero attached hydrogens (tertiary/aromatic N) is 1. The molecule has 0 bridgehead atoms. The highest BCUT2D eigenvalue weighted by Gasteiger charge is 2.60. The number of hydrogen-bond acceptors (Lipinski definition) is 3. The van der Waals surface area contributed by atoms with E-state index in [0.29, 0.717) is 21.1 Å². The number of ether oxygens (including phenoxy) is 2. The van der Waals surface area contributed by atoms with Crippen LogP contribution < -0.4 is 4.74 Å². The third-order valence-corrected chi connectivity index (χ3v) is 2.87. The van der Waals surface area contributed by atoms with Crippen molar-refractivity contribution in [1.82, 2.24) is 4.57 Å². The van der Waals surface area contributed by atoms with Gasteiger partial charge in [-0.25, -0.2) is 4.79 Å². The molecule has 0 fully saturated rings. The molecule has 0 aliphatic carbocycles. The fourth-order valence-corrected chi connectivity index (χ4v) is 1.83. The van der Waals surface area contributed by atoms with Crippen molar-refractivity contribution in [2.75, 3.05) is 7.11 Å². The minimum Gasteiger partial charge on any atom is -0.497 e. The standard InChI is InChI=1S/C13H9F6NO3/c1-22-9-3-2-7-5-20(6-8(7)4-9)11(21)23-10(12(14,15)16)13(17,18)19/h2-6,10H,1H3. The quantitative estimate of drug-likeness (QED) is 0.771. The number of carbonyl (C=O) groups excluding carboxylic acids is 1. The van der Waals surface area contributed by atoms with Crippen molar-refractivity contribution >= 4 is 16.9 Å². The predicted octanol–water partition coefficient (Wildman–Crippen LogP) is 4.13. The third kappa shape index (κ3) is 3.69. The molecule has 1 heterocycles. The van der Waals surface area contributed by atoms with Gasteiger partial charge in [-0.3, -0.25) is 4.57 Å². The molecular formula is C13H9F6NO3. The molecule has 126 valence electrons. The average molecular weight is 341 g/mol. The molecule has 0 aliphatic heterocycles. The van der Waals surface area contributed by atoms with Gasteiger partial charge in [-0.1, -0.05) is 0 Å². The van der Waals surface area contributed by atoms with E-state index in [1.807, 2.05) is 0 Å². The molecule has 0 aliphatic rings. The summed E-state index contributed by atoms with van der Waals surface area (Å²) in [6.07, 6.45) is -15.4. The summed E-state index contributed by atoms with van der Waals surface area (Å²) in [6.45, 7) is 0. The van der Waals surface area contributed by atoms with Crippen LogP contribution in [0.1, 0.15) is 0 Å². The first-order valence-electron chi connectivity index (χ1n) is 6.02. The van der Waals surface area contributed by atoms with Crippen LogP contribution in [0, 0.1) is 0 Å². The Bertz CT molecular complexity index is 705. The summed E-state index contributed by atoms with van der Waals surface area (Å²) >= 11 is 0. The van der Waals surface area contributed by atoms with Crippen molar-refractivity contribution in [2.24, 2.45) is 0 Å². The second-order valence-corrected chi connectivity index (χ2v) is 4.51. The van der Waals surface area contributed by atoms with Gasteiger partial charge in [0.05, 0.1) is 7.11 Å². The lowest BCUT2D eigenvalue weighted by Gasteiger charge is -2.22. The van der Waals surface area contributed by atoms with E-state index in [4.69, 9.17) is 4.74 Å². The van der Waals surface area contributed by atoms with E-state index in [-0.39, 0.29) is 0 Å². The van der Waals surface area contributed by atoms with Crippen LogP contribution in [0.2, 0.25) is 0 Å². The van der Waals surface area contributed by atoms with E-state index < -0.39 is 24.5 Å². The van der Waals surface area contributed by atoms with Crippen LogP contribution in [0.3, 0.4) is 0 Å². The minimum atomic E-state index is -5.76. The Balaban J connectivity index is 2.29. The smallest absolute Gasteiger partial charge is 0.434 e. The molecule has 23 heavy (non-hydrogen) atoms. The fourth-order valence-electron chi connectivity index (χ4n) is 1.83. The average Bonchev–Trinajstić information content (AvgIpc) is 2.84. The Morgan fingerprint density at radius 2 is 1.61 bits per heavy atom. The molecule has 0 unspecified atom stereocenters. The number of halogens is 6. The molecule has 0 atom stereocenters. The van der Waals surface area contributed by atoms with Crippen LogP contribution in [0.5, 0.6) is 5.75 Å². The van der Waals surface area contributed by atoms with Crippen LogP contribution in [-0.4, -0.2) is 36.2 Å². The first-order chi connectivity index (χ1) is 10.5. The normalized spacial score (nSPS) is 12.7. The number of carbonyl (C=O) groups is 1. The number of fused-ring (bicyclic) bond motifs is 1. The molecule has 0 N–H and O–H groups in total. The van der Waals surface area contributed by atoms with Gasteiger partial charge in [0, 0.05) is 23.2 Å². The van der Waals surface area contributed by atoms with Gasteiger partial charge < -0.3 is 9.47 Å². The maximum Gasteiger partial charge on any atom is 0.434 e. The van der Waals surface area contributed by atoms with Crippen molar-refractivity contribution < 1.29 is 40.6 Å². The van der Waals surface area contributed by atoms with Gasteiger partial charge in [-0.05, 0) is 18.2 Å². The number of alkyl halides is 6. The third-order valence-electron chi connectivity index (χ3n) is 2.87. The summed E-state index contributed by atoms with van der Waals surface area (Å²) in [5.41, 5.74) is 0. The van der Waals surface area contributed by atoms with E-state index in [1.165, 1.54) is 25.3 Å². The second-order valence-electron chi connectivity index (χ2n) is 4.51. The number of aromatic nitrogens is 1. The van der Waals surface area contributed by atoms with E-state index in [0.717, 1.165) is 12.4 Å². The highest BCUT2D eigenvalue weighted by atomic mass is 19.4. The van der Waals surface area contributed by atoms with Crippen molar-refractivity contribution in [2.45, 2.75) is 18.5 Å². The molecule has 2 aromatic rings. The zero-order valence-corrected chi connectivity index (χ0v) is 11.4. The molecule has 0 spiro atoms. The topological polar surface area (TPSA) is 40.5 Å². The summed E-state index contributed by atoms with van der Waals surface area (Å²) in [5, 5.41) is 0.801. The van der Waals surface area contributed by atoms with Crippen molar-refractivity contribution in [3.05, 3.63) is 30.6 Å². The van der Waals surface area contributed by atoms with Gasteiger partial charge >= 0.3 is 18.4 Å². The Morgan fingerprint density at radius 1 is 1.04 bits per heavy atom. The Hall–Kier alpha value is -2.39. The molecule has 0 radical (unpaired) electrons. The van der Waals surface area contributed by atoms with Gasteiger partial charge in [0.1, 0.15) is 5.75 Å². The highest BCUT2D eigenvalue weighted by molar-refractivity contribution is 5.88. The number of rotatable bonds is 2. The molecule has 10 heteroatoms. The van der Waals surface area contributed by atoms with Crippen LogP contribution in [0.25, 0.3) is 10.8 Å². The number of methoxy groups -OCH3 is 1. The SMILES string of the molecule is COc1ccc2cn(C(=O)OC(C(F)(F)F)C(F)(F)F)cc2c1. The lowest BCUT2D eigenvalue weighted by molar-refractivity contribution is -0.306. The lowest BCUT2D eigenvalue weighted by Crippen LogP contribution is -2.46. The summed E-state index contributed by atoms with van der Waals surface area (Å²) in [5.74, 6) is 0.409. The minimum absolute atomic E-state index is 0.386. The first kappa shape index (κ1) is 17.0. The van der Waals surface area contributed by atoms with Crippen LogP contribution in [0.4, 0.5) is 31.1 Å². The summed E-state index contributed by atoms with van der Waals surface area (Å²) in [6, 6.07) is 4.47. The molecule has 1 aromatic heterocycles. The Labute approximate surface area is 125 Å².